The zero-order valence-corrected chi connectivity index (χ0v) is 16.4. The van der Waals surface area contributed by atoms with Gasteiger partial charge < -0.3 is 9.84 Å². The number of hydrogen-bond acceptors (Lipinski definition) is 3. The molecule has 1 heterocycles. The van der Waals surface area contributed by atoms with Gasteiger partial charge in [0.05, 0.1) is 12.1 Å². The fourth-order valence-corrected chi connectivity index (χ4v) is 4.25. The normalized spacial score (nSPS) is 20.6. The number of ether oxygens (including phenoxy) is 1. The van der Waals surface area contributed by atoms with Crippen LogP contribution in [0.2, 0.25) is 0 Å². The molecule has 0 aliphatic carbocycles. The number of aliphatic carboxylic acids is 1. The molecule has 0 aromatic heterocycles. The molecule has 0 radical (unpaired) electrons. The summed E-state index contributed by atoms with van der Waals surface area (Å²) in [6.45, 7) is 7.78. The third kappa shape index (κ3) is 3.92. The lowest BCUT2D eigenvalue weighted by Crippen LogP contribution is -2.38. The van der Waals surface area contributed by atoms with E-state index in [1.807, 2.05) is 23.1 Å². The minimum Gasteiger partial charge on any atom is -0.480 e. The highest BCUT2D eigenvalue weighted by Crippen LogP contribution is 2.52. The van der Waals surface area contributed by atoms with E-state index in [2.05, 4.69) is 57.2 Å². The number of nitrogens with zero attached hydrogens (tertiary/aromatic N) is 1. The summed E-state index contributed by atoms with van der Waals surface area (Å²) in [5.74, 6) is -0.787. The summed E-state index contributed by atoms with van der Waals surface area (Å²) >= 11 is 0. The van der Waals surface area contributed by atoms with Crippen LogP contribution in [0.1, 0.15) is 50.3 Å². The first-order valence-corrected chi connectivity index (χ1v) is 9.69. The maximum Gasteiger partial charge on any atom is 0.317 e. The van der Waals surface area contributed by atoms with Gasteiger partial charge in [0.15, 0.2) is 0 Å². The van der Waals surface area contributed by atoms with Crippen LogP contribution in [-0.4, -0.2) is 35.6 Å². The third-order valence-electron chi connectivity index (χ3n) is 5.36. The molecule has 1 unspecified atom stereocenters. The third-order valence-corrected chi connectivity index (χ3v) is 5.36. The monoisotopic (exact) mass is 367 g/mol. The summed E-state index contributed by atoms with van der Waals surface area (Å²) < 4.78 is 6.75. The summed E-state index contributed by atoms with van der Waals surface area (Å²) in [4.78, 5) is 13.3. The van der Waals surface area contributed by atoms with E-state index in [-0.39, 0.29) is 6.54 Å². The first-order chi connectivity index (χ1) is 12.9. The number of carboxylic acids is 1. The van der Waals surface area contributed by atoms with Crippen molar-refractivity contribution in [2.75, 3.05) is 19.6 Å². The van der Waals surface area contributed by atoms with Crippen molar-refractivity contribution >= 4 is 5.97 Å². The van der Waals surface area contributed by atoms with E-state index in [1.54, 1.807) is 0 Å². The maximum atomic E-state index is 11.3. The standard InChI is InChI=1S/C23H29NO3/c1-4-15-24(17-21(25)26)16-14-23(18-10-6-5-7-11-18)20-13-9-8-12-19(20)22(2,3)27-23/h5-13H,4,14-17H2,1-3H3,(H,25,26). The highest BCUT2D eigenvalue weighted by molar-refractivity contribution is 5.69. The molecule has 0 fully saturated rings. The molecule has 3 rings (SSSR count). The van der Waals surface area contributed by atoms with Gasteiger partial charge in [-0.1, -0.05) is 61.5 Å². The van der Waals surface area contributed by atoms with Crippen LogP contribution in [0.5, 0.6) is 0 Å². The van der Waals surface area contributed by atoms with Gasteiger partial charge in [-0.05, 0) is 49.9 Å². The Bertz CT molecular complexity index is 787. The van der Waals surface area contributed by atoms with Crippen LogP contribution in [0.3, 0.4) is 0 Å². The molecule has 144 valence electrons. The molecule has 2 aromatic carbocycles. The second-order valence-corrected chi connectivity index (χ2v) is 7.77. The molecular formula is C23H29NO3. The molecule has 1 aliphatic rings. The second kappa shape index (κ2) is 7.83. The van der Waals surface area contributed by atoms with Crippen LogP contribution in [0.4, 0.5) is 0 Å². The fourth-order valence-electron chi connectivity index (χ4n) is 4.25. The van der Waals surface area contributed by atoms with Crippen molar-refractivity contribution in [3.63, 3.8) is 0 Å². The van der Waals surface area contributed by atoms with Crippen LogP contribution in [0.15, 0.2) is 54.6 Å². The van der Waals surface area contributed by atoms with Crippen molar-refractivity contribution in [3.8, 4) is 0 Å². The maximum absolute atomic E-state index is 11.3. The molecule has 0 saturated heterocycles. The summed E-state index contributed by atoms with van der Waals surface area (Å²) in [6, 6.07) is 18.7. The number of rotatable bonds is 8. The Balaban J connectivity index is 2.00. The predicted molar refractivity (Wildman–Crippen MR) is 107 cm³/mol. The minimum absolute atomic E-state index is 0.0593. The summed E-state index contributed by atoms with van der Waals surface area (Å²) in [7, 11) is 0. The summed E-state index contributed by atoms with van der Waals surface area (Å²) in [5, 5.41) is 9.25. The van der Waals surface area contributed by atoms with E-state index in [1.165, 1.54) is 11.1 Å². The van der Waals surface area contributed by atoms with Gasteiger partial charge in [0.2, 0.25) is 0 Å². The van der Waals surface area contributed by atoms with Gasteiger partial charge in [-0.3, -0.25) is 9.69 Å². The van der Waals surface area contributed by atoms with E-state index in [4.69, 9.17) is 4.74 Å². The number of carboxylic acid groups (broad SMARTS) is 1. The van der Waals surface area contributed by atoms with Crippen LogP contribution in [0, 0.1) is 0 Å². The van der Waals surface area contributed by atoms with E-state index >= 15 is 0 Å². The average molecular weight is 367 g/mol. The van der Waals surface area contributed by atoms with E-state index in [9.17, 15) is 9.90 Å². The highest BCUT2D eigenvalue weighted by Gasteiger charge is 2.49. The second-order valence-electron chi connectivity index (χ2n) is 7.77. The quantitative estimate of drug-likeness (QED) is 0.752. The number of fused-ring (bicyclic) bond motifs is 1. The largest absolute Gasteiger partial charge is 0.480 e. The molecule has 1 aliphatic heterocycles. The molecule has 1 N–H and O–H groups in total. The molecule has 1 atom stereocenters. The van der Waals surface area contributed by atoms with Gasteiger partial charge in [-0.2, -0.15) is 0 Å². The van der Waals surface area contributed by atoms with Crippen molar-refractivity contribution in [1.29, 1.82) is 0 Å². The number of carbonyl (C=O) groups is 1. The molecule has 0 amide bonds. The van der Waals surface area contributed by atoms with Crippen molar-refractivity contribution in [3.05, 3.63) is 71.3 Å². The zero-order chi connectivity index (χ0) is 19.5. The Morgan fingerprint density at radius 3 is 2.26 bits per heavy atom. The van der Waals surface area contributed by atoms with Gasteiger partial charge >= 0.3 is 5.97 Å². The van der Waals surface area contributed by atoms with Crippen molar-refractivity contribution in [1.82, 2.24) is 4.90 Å². The van der Waals surface area contributed by atoms with Crippen molar-refractivity contribution < 1.29 is 14.6 Å². The first-order valence-electron chi connectivity index (χ1n) is 9.69. The number of benzene rings is 2. The Morgan fingerprint density at radius 1 is 1.00 bits per heavy atom. The van der Waals surface area contributed by atoms with Gasteiger partial charge in [0.25, 0.3) is 0 Å². The van der Waals surface area contributed by atoms with Crippen LogP contribution in [-0.2, 0) is 20.7 Å². The van der Waals surface area contributed by atoms with Crippen LogP contribution in [0.25, 0.3) is 0 Å². The van der Waals surface area contributed by atoms with Gasteiger partial charge in [-0.15, -0.1) is 0 Å². The summed E-state index contributed by atoms with van der Waals surface area (Å²) in [6.07, 6.45) is 1.64. The van der Waals surface area contributed by atoms with E-state index in [0.29, 0.717) is 13.0 Å². The fraction of sp³-hybridized carbons (Fsp3) is 0.435. The van der Waals surface area contributed by atoms with E-state index in [0.717, 1.165) is 18.5 Å². The lowest BCUT2D eigenvalue weighted by atomic mass is 9.81. The number of hydrogen-bond donors (Lipinski definition) is 1. The van der Waals surface area contributed by atoms with Crippen LogP contribution >= 0.6 is 0 Å². The van der Waals surface area contributed by atoms with E-state index < -0.39 is 17.2 Å². The Labute approximate surface area is 161 Å². The smallest absolute Gasteiger partial charge is 0.317 e. The molecule has 0 spiro atoms. The van der Waals surface area contributed by atoms with Gasteiger partial charge in [0.1, 0.15) is 5.60 Å². The van der Waals surface area contributed by atoms with Crippen molar-refractivity contribution in [2.24, 2.45) is 0 Å². The predicted octanol–water partition coefficient (Wildman–Crippen LogP) is 4.38. The lowest BCUT2D eigenvalue weighted by molar-refractivity contribution is -0.139. The Kier molecular flexibility index (Phi) is 5.68. The molecule has 0 bridgehead atoms. The Morgan fingerprint density at radius 2 is 1.63 bits per heavy atom. The van der Waals surface area contributed by atoms with Crippen LogP contribution < -0.4 is 0 Å². The molecule has 27 heavy (non-hydrogen) atoms. The highest BCUT2D eigenvalue weighted by atomic mass is 16.5. The zero-order valence-electron chi connectivity index (χ0n) is 16.4. The summed E-state index contributed by atoms with van der Waals surface area (Å²) in [5.41, 5.74) is 2.55. The van der Waals surface area contributed by atoms with Gasteiger partial charge in [0, 0.05) is 6.54 Å². The molecule has 4 nitrogen and oxygen atoms in total. The Hall–Kier alpha value is -2.17. The molecule has 4 heteroatoms. The van der Waals surface area contributed by atoms with Gasteiger partial charge in [-0.25, -0.2) is 0 Å². The molecule has 2 aromatic rings. The molecular weight excluding hydrogens is 338 g/mol. The van der Waals surface area contributed by atoms with Crippen molar-refractivity contribution in [2.45, 2.75) is 44.8 Å². The first kappa shape index (κ1) is 19.6. The SMILES string of the molecule is CCCN(CCC1(c2ccccc2)OC(C)(C)c2ccccc21)CC(=O)O. The average Bonchev–Trinajstić information content (AvgIpc) is 2.89. The minimum atomic E-state index is -0.787. The molecule has 0 saturated carbocycles. The topological polar surface area (TPSA) is 49.8 Å². The lowest BCUT2D eigenvalue weighted by Gasteiger charge is -2.35.